The Balaban J connectivity index is 2.42. The normalized spacial score (nSPS) is 10.5. The number of thiocarbonyl (C=S) groups is 1. The van der Waals surface area contributed by atoms with Gasteiger partial charge in [-0.3, -0.25) is 10.1 Å². The van der Waals surface area contributed by atoms with Crippen LogP contribution in [-0.4, -0.2) is 22.3 Å². The number of nitrogens with one attached hydrogen (secondary N) is 1. The highest BCUT2D eigenvalue weighted by Gasteiger charge is 2.20. The van der Waals surface area contributed by atoms with Gasteiger partial charge in [0.1, 0.15) is 5.15 Å². The number of hydrogen-bond donors (Lipinski definition) is 1. The Kier molecular flexibility index (Phi) is 4.07. The van der Waals surface area contributed by atoms with Crippen molar-refractivity contribution in [3.05, 3.63) is 35.0 Å². The summed E-state index contributed by atoms with van der Waals surface area (Å²) in [7, 11) is 1.81. The zero-order valence-electron chi connectivity index (χ0n) is 10.6. The molecule has 0 spiro atoms. The number of aromatic nitrogens is 1. The van der Waals surface area contributed by atoms with Crippen molar-refractivity contribution in [1.29, 1.82) is 0 Å². The average Bonchev–Trinajstić information content (AvgIpc) is 2.63. The molecule has 0 unspecified atom stereocenters. The maximum absolute atomic E-state index is 12.2. The molecule has 0 atom stereocenters. The molecule has 100 valence electrons. The van der Waals surface area contributed by atoms with E-state index in [-0.39, 0.29) is 11.1 Å². The lowest BCUT2D eigenvalue weighted by molar-refractivity contribution is 0.0970. The molecule has 4 nitrogen and oxygen atoms in total. The highest BCUT2D eigenvalue weighted by Crippen LogP contribution is 2.28. The van der Waals surface area contributed by atoms with Crippen molar-refractivity contribution in [2.75, 3.05) is 6.61 Å². The third-order valence-electron chi connectivity index (χ3n) is 2.75. The van der Waals surface area contributed by atoms with E-state index in [1.54, 1.807) is 11.5 Å². The average molecular weight is 297 g/mol. The first-order valence-electron chi connectivity index (χ1n) is 5.77. The molecular weight excluding hydrogens is 284 g/mol. The molecule has 2 aromatic rings. The van der Waals surface area contributed by atoms with Crippen LogP contribution in [-0.2, 0) is 11.8 Å². The summed E-state index contributed by atoms with van der Waals surface area (Å²) in [6, 6.07) is 7.50. The van der Waals surface area contributed by atoms with E-state index in [9.17, 15) is 4.79 Å². The number of para-hydroxylation sites is 1. The zero-order chi connectivity index (χ0) is 14.0. The number of carbonyl (C=O) groups excluding carboxylic acids is 1. The first kappa shape index (κ1) is 13.8. The smallest absolute Gasteiger partial charge is 0.263 e. The summed E-state index contributed by atoms with van der Waals surface area (Å²) in [5, 5.41) is 3.73. The predicted molar refractivity (Wildman–Crippen MR) is 79.6 cm³/mol. The lowest BCUT2D eigenvalue weighted by Gasteiger charge is -2.06. The van der Waals surface area contributed by atoms with Gasteiger partial charge in [0.2, 0.25) is 0 Å². The van der Waals surface area contributed by atoms with Crippen LogP contribution in [0.25, 0.3) is 10.9 Å². The first-order chi connectivity index (χ1) is 9.06. The van der Waals surface area contributed by atoms with Crippen LogP contribution in [0.1, 0.15) is 17.3 Å². The molecule has 0 aliphatic rings. The van der Waals surface area contributed by atoms with E-state index in [0.29, 0.717) is 17.3 Å². The lowest BCUT2D eigenvalue weighted by Crippen LogP contribution is -2.30. The van der Waals surface area contributed by atoms with Crippen molar-refractivity contribution in [3.63, 3.8) is 0 Å². The van der Waals surface area contributed by atoms with Crippen LogP contribution in [0.3, 0.4) is 0 Å². The van der Waals surface area contributed by atoms with Gasteiger partial charge in [0.25, 0.3) is 11.1 Å². The Morgan fingerprint density at radius 1 is 1.47 bits per heavy atom. The minimum atomic E-state index is -0.361. The number of hydrogen-bond acceptors (Lipinski definition) is 3. The van der Waals surface area contributed by atoms with E-state index < -0.39 is 0 Å². The number of ether oxygens (including phenoxy) is 1. The Morgan fingerprint density at radius 3 is 2.84 bits per heavy atom. The number of amides is 1. The monoisotopic (exact) mass is 296 g/mol. The molecule has 1 heterocycles. The van der Waals surface area contributed by atoms with E-state index in [2.05, 4.69) is 5.32 Å². The molecule has 0 fully saturated rings. The lowest BCUT2D eigenvalue weighted by atomic mass is 10.1. The van der Waals surface area contributed by atoms with Gasteiger partial charge in [-0.15, -0.1) is 0 Å². The molecule has 0 bridgehead atoms. The van der Waals surface area contributed by atoms with Crippen molar-refractivity contribution >= 4 is 45.8 Å². The largest absolute Gasteiger partial charge is 0.471 e. The molecule has 0 saturated carbocycles. The van der Waals surface area contributed by atoms with Crippen molar-refractivity contribution in [2.24, 2.45) is 7.05 Å². The third-order valence-corrected chi connectivity index (χ3v) is 3.42. The van der Waals surface area contributed by atoms with Gasteiger partial charge in [0.15, 0.2) is 0 Å². The number of nitrogens with zero attached hydrogens (tertiary/aromatic N) is 1. The van der Waals surface area contributed by atoms with Crippen LogP contribution in [0.15, 0.2) is 24.3 Å². The fourth-order valence-electron chi connectivity index (χ4n) is 1.90. The van der Waals surface area contributed by atoms with Crippen LogP contribution >= 0.6 is 23.8 Å². The van der Waals surface area contributed by atoms with Crippen molar-refractivity contribution in [2.45, 2.75) is 6.92 Å². The second-order valence-electron chi connectivity index (χ2n) is 3.92. The minimum Gasteiger partial charge on any atom is -0.471 e. The van der Waals surface area contributed by atoms with Crippen molar-refractivity contribution < 1.29 is 9.53 Å². The highest BCUT2D eigenvalue weighted by molar-refractivity contribution is 7.80. The molecule has 1 N–H and O–H groups in total. The Hall–Kier alpha value is -1.59. The van der Waals surface area contributed by atoms with Gasteiger partial charge in [-0.25, -0.2) is 0 Å². The van der Waals surface area contributed by atoms with E-state index in [0.717, 1.165) is 10.9 Å². The van der Waals surface area contributed by atoms with Gasteiger partial charge < -0.3 is 9.30 Å². The van der Waals surface area contributed by atoms with Gasteiger partial charge in [-0.2, -0.15) is 0 Å². The maximum atomic E-state index is 12.2. The van der Waals surface area contributed by atoms with Gasteiger partial charge in [-0.1, -0.05) is 29.8 Å². The summed E-state index contributed by atoms with van der Waals surface area (Å²) in [6.45, 7) is 2.20. The summed E-state index contributed by atoms with van der Waals surface area (Å²) < 4.78 is 6.80. The Labute approximate surface area is 121 Å². The fraction of sp³-hybridized carbons (Fsp3) is 0.231. The number of carbonyl (C=O) groups is 1. The molecule has 1 amide bonds. The van der Waals surface area contributed by atoms with E-state index in [1.807, 2.05) is 31.3 Å². The minimum absolute atomic E-state index is 0.0523. The van der Waals surface area contributed by atoms with Gasteiger partial charge >= 0.3 is 0 Å². The third kappa shape index (κ3) is 2.57. The topological polar surface area (TPSA) is 43.3 Å². The summed E-state index contributed by atoms with van der Waals surface area (Å²) in [5.41, 5.74) is 1.29. The molecule has 1 aromatic heterocycles. The quantitative estimate of drug-likeness (QED) is 0.867. The maximum Gasteiger partial charge on any atom is 0.263 e. The molecule has 2 rings (SSSR count). The second kappa shape index (κ2) is 5.59. The van der Waals surface area contributed by atoms with Gasteiger partial charge in [0.05, 0.1) is 12.2 Å². The Morgan fingerprint density at radius 2 is 2.16 bits per heavy atom. The van der Waals surface area contributed by atoms with E-state index >= 15 is 0 Å². The van der Waals surface area contributed by atoms with E-state index in [1.165, 1.54) is 0 Å². The molecule has 0 aliphatic carbocycles. The van der Waals surface area contributed by atoms with E-state index in [4.69, 9.17) is 28.6 Å². The highest BCUT2D eigenvalue weighted by atomic mass is 35.5. The van der Waals surface area contributed by atoms with Gasteiger partial charge in [-0.05, 0) is 25.2 Å². The van der Waals surface area contributed by atoms with Crippen molar-refractivity contribution in [3.8, 4) is 0 Å². The molecular formula is C13H13ClN2O2S. The van der Waals surface area contributed by atoms with Crippen LogP contribution in [0, 0.1) is 0 Å². The second-order valence-corrected chi connectivity index (χ2v) is 4.65. The summed E-state index contributed by atoms with van der Waals surface area (Å²) in [5.74, 6) is -0.361. The number of benzene rings is 1. The first-order valence-corrected chi connectivity index (χ1v) is 6.56. The van der Waals surface area contributed by atoms with Crippen LogP contribution in [0.5, 0.6) is 0 Å². The number of fused-ring (bicyclic) bond motifs is 1. The number of halogens is 1. The molecule has 0 aliphatic heterocycles. The van der Waals surface area contributed by atoms with Crippen LogP contribution < -0.4 is 5.32 Å². The SMILES string of the molecule is CCOC(=S)NC(=O)c1c(Cl)n(C)c2ccccc12. The Bertz CT molecular complexity index is 651. The summed E-state index contributed by atoms with van der Waals surface area (Å²) >= 11 is 11.1. The number of rotatable bonds is 2. The van der Waals surface area contributed by atoms with Crippen molar-refractivity contribution in [1.82, 2.24) is 9.88 Å². The van der Waals surface area contributed by atoms with Crippen LogP contribution in [0.4, 0.5) is 0 Å². The zero-order valence-corrected chi connectivity index (χ0v) is 12.1. The predicted octanol–water partition coefficient (Wildman–Crippen LogP) is 2.88. The van der Waals surface area contributed by atoms with Crippen LogP contribution in [0.2, 0.25) is 5.15 Å². The molecule has 0 radical (unpaired) electrons. The molecule has 1 aromatic carbocycles. The standard InChI is InChI=1S/C13H13ClN2O2S/c1-3-18-13(19)15-12(17)10-8-6-4-5-7-9(8)16(2)11(10)14/h4-7H,3H2,1-2H3,(H,15,17,19). The molecule has 0 saturated heterocycles. The summed E-state index contributed by atoms with van der Waals surface area (Å²) in [6.07, 6.45) is 0. The van der Waals surface area contributed by atoms with Gasteiger partial charge in [0, 0.05) is 18.0 Å². The fourth-order valence-corrected chi connectivity index (χ4v) is 2.39. The number of aryl methyl sites for hydroxylation is 1. The molecule has 6 heteroatoms. The molecule has 19 heavy (non-hydrogen) atoms. The summed E-state index contributed by atoms with van der Waals surface area (Å²) in [4.78, 5) is 12.2.